The van der Waals surface area contributed by atoms with Crippen molar-refractivity contribution in [3.63, 3.8) is 0 Å². The Labute approximate surface area is 142 Å². The predicted octanol–water partition coefficient (Wildman–Crippen LogP) is 5.69. The fraction of sp³-hybridized carbons (Fsp3) is 0.400. The molecule has 0 aliphatic heterocycles. The number of hydrogen-bond acceptors (Lipinski definition) is 1. The summed E-state index contributed by atoms with van der Waals surface area (Å²) in [5.74, 6) is 0. The third kappa shape index (κ3) is 5.77. The Morgan fingerprint density at radius 1 is 1.10 bits per heavy atom. The summed E-state index contributed by atoms with van der Waals surface area (Å²) in [4.78, 5) is 0. The Balaban J connectivity index is 0.000000612. The molecule has 5 heteroatoms. The normalized spacial score (nSPS) is 13.2. The first-order valence-corrected chi connectivity index (χ1v) is 16.3. The van der Waals surface area contributed by atoms with Gasteiger partial charge in [-0.25, -0.2) is 0 Å². The number of halogens is 2. The molecule has 0 fully saturated rings. The quantitative estimate of drug-likeness (QED) is 0.585. The second-order valence-corrected chi connectivity index (χ2v) is 14.1. The summed E-state index contributed by atoms with van der Waals surface area (Å²) >= 11 is -0.826. The minimum atomic E-state index is -1.43. The molecule has 1 nitrogen and oxygen atoms in total. The summed E-state index contributed by atoms with van der Waals surface area (Å²) in [5.41, 5.74) is 6.74. The maximum absolute atomic E-state index is 6.01. The average molecular weight is 408 g/mol. The van der Waals surface area contributed by atoms with E-state index in [4.69, 9.17) is 21.5 Å². The van der Waals surface area contributed by atoms with E-state index in [-0.39, 0.29) is 0 Å². The Morgan fingerprint density at radius 2 is 1.70 bits per heavy atom. The van der Waals surface area contributed by atoms with Crippen LogP contribution in [0.15, 0.2) is 17.7 Å². The van der Waals surface area contributed by atoms with Crippen LogP contribution in [-0.4, -0.2) is 8.32 Å². The molecule has 109 valence electrons. The Bertz CT molecular complexity index is 495. The van der Waals surface area contributed by atoms with Gasteiger partial charge in [0.25, 0.3) is 0 Å². The van der Waals surface area contributed by atoms with Crippen molar-refractivity contribution in [2.24, 2.45) is 0 Å². The molecular formula is C15H21Cl2OSiZr. The van der Waals surface area contributed by atoms with E-state index in [2.05, 4.69) is 58.1 Å². The topological polar surface area (TPSA) is 9.23 Å². The van der Waals surface area contributed by atoms with Gasteiger partial charge in [-0.1, -0.05) is 23.8 Å². The predicted molar refractivity (Wildman–Crippen MR) is 88.1 cm³/mol. The fourth-order valence-electron chi connectivity index (χ4n) is 2.07. The first-order chi connectivity index (χ1) is 9.28. The molecule has 0 spiro atoms. The van der Waals surface area contributed by atoms with Crippen molar-refractivity contribution >= 4 is 31.4 Å². The summed E-state index contributed by atoms with van der Waals surface area (Å²) in [6.45, 7) is 11.8. The molecule has 0 saturated carbocycles. The van der Waals surface area contributed by atoms with E-state index in [0.717, 1.165) is 6.61 Å². The van der Waals surface area contributed by atoms with Gasteiger partial charge in [0.05, 0.1) is 6.61 Å². The molecule has 0 saturated heterocycles. The van der Waals surface area contributed by atoms with Crippen molar-refractivity contribution in [2.75, 3.05) is 0 Å². The van der Waals surface area contributed by atoms with Crippen LogP contribution in [0.4, 0.5) is 0 Å². The molecule has 1 aliphatic carbocycles. The van der Waals surface area contributed by atoms with E-state index in [1.807, 2.05) is 0 Å². The zero-order chi connectivity index (χ0) is 15.3. The molecule has 0 bridgehead atoms. The average Bonchev–Trinajstić information content (AvgIpc) is 2.71. The van der Waals surface area contributed by atoms with Gasteiger partial charge >= 0.3 is 37.9 Å². The van der Waals surface area contributed by atoms with Crippen LogP contribution < -0.4 is 0 Å². The van der Waals surface area contributed by atoms with Gasteiger partial charge < -0.3 is 4.43 Å². The van der Waals surface area contributed by atoms with E-state index in [0.29, 0.717) is 0 Å². The van der Waals surface area contributed by atoms with Gasteiger partial charge in [0, 0.05) is 6.42 Å². The van der Waals surface area contributed by atoms with Crippen molar-refractivity contribution in [3.05, 3.63) is 46.4 Å². The molecule has 20 heavy (non-hydrogen) atoms. The van der Waals surface area contributed by atoms with Crippen LogP contribution in [0.1, 0.15) is 29.2 Å². The first-order valence-electron chi connectivity index (χ1n) is 6.54. The zero-order valence-electron chi connectivity index (χ0n) is 12.7. The van der Waals surface area contributed by atoms with Crippen LogP contribution in [0.25, 0.3) is 6.08 Å². The molecule has 1 radical (unpaired) electrons. The van der Waals surface area contributed by atoms with Crippen LogP contribution in [-0.2, 0) is 31.9 Å². The Kier molecular flexibility index (Phi) is 7.73. The Hall–Kier alpha value is 0.600. The van der Waals surface area contributed by atoms with Crippen LogP contribution >= 0.6 is 17.0 Å². The van der Waals surface area contributed by atoms with Crippen LogP contribution in [0.2, 0.25) is 19.6 Å². The molecule has 0 unspecified atom stereocenters. The van der Waals surface area contributed by atoms with Gasteiger partial charge in [0.15, 0.2) is 8.32 Å². The van der Waals surface area contributed by atoms with Gasteiger partial charge in [-0.2, -0.15) is 0 Å². The standard InChI is InChI=1S/C15H21OSi.2ClH.Zr/c1-11-8-14-12(2)6-7-13(15(14)9-11)10-16-17(3,4)5;;;/h6-9H,10H2,1-5H3;2*1H;/q;;;+2/p-2. The van der Waals surface area contributed by atoms with Crippen molar-refractivity contribution in [2.45, 2.75) is 40.1 Å². The van der Waals surface area contributed by atoms with Crippen molar-refractivity contribution < 1.29 is 25.3 Å². The second kappa shape index (κ2) is 8.29. The second-order valence-electron chi connectivity index (χ2n) is 5.87. The summed E-state index contributed by atoms with van der Waals surface area (Å²) in [6.07, 6.45) is 4.54. The van der Waals surface area contributed by atoms with E-state index in [1.165, 1.54) is 27.8 Å². The third-order valence-electron chi connectivity index (χ3n) is 3.00. The molecule has 0 amide bonds. The zero-order valence-corrected chi connectivity index (χ0v) is 17.7. The minimum absolute atomic E-state index is 0.746. The molecular weight excluding hydrogens is 386 g/mol. The summed E-state index contributed by atoms with van der Waals surface area (Å²) in [7, 11) is 8.43. The first kappa shape index (κ1) is 18.6. The summed E-state index contributed by atoms with van der Waals surface area (Å²) in [6, 6.07) is 4.40. The molecule has 0 atom stereocenters. The molecule has 1 aliphatic rings. The van der Waals surface area contributed by atoms with Gasteiger partial charge in [0.1, 0.15) is 0 Å². The number of benzene rings is 1. The maximum atomic E-state index is 6.01. The van der Waals surface area contributed by atoms with Gasteiger partial charge in [0.2, 0.25) is 0 Å². The molecule has 0 N–H and O–H groups in total. The van der Waals surface area contributed by atoms with Crippen molar-refractivity contribution in [3.8, 4) is 0 Å². The van der Waals surface area contributed by atoms with Crippen molar-refractivity contribution in [1.82, 2.24) is 0 Å². The summed E-state index contributed by atoms with van der Waals surface area (Å²) < 4.78 is 6.01. The van der Waals surface area contributed by atoms with E-state index in [9.17, 15) is 0 Å². The van der Waals surface area contributed by atoms with Crippen LogP contribution in [0.5, 0.6) is 0 Å². The number of rotatable bonds is 3. The molecule has 0 aromatic heterocycles. The molecule has 1 aromatic carbocycles. The number of fused-ring (bicyclic) bond motifs is 1. The van der Waals surface area contributed by atoms with E-state index < -0.39 is 29.2 Å². The van der Waals surface area contributed by atoms with E-state index >= 15 is 0 Å². The number of hydrogen-bond donors (Lipinski definition) is 0. The monoisotopic (exact) mass is 405 g/mol. The van der Waals surface area contributed by atoms with Crippen LogP contribution in [0.3, 0.4) is 0 Å². The van der Waals surface area contributed by atoms with Gasteiger partial charge in [-0.3, -0.25) is 0 Å². The fourth-order valence-corrected chi connectivity index (χ4v) is 2.66. The van der Waals surface area contributed by atoms with Crippen molar-refractivity contribution in [1.29, 1.82) is 0 Å². The van der Waals surface area contributed by atoms with Crippen LogP contribution in [0, 0.1) is 13.3 Å². The van der Waals surface area contributed by atoms with Gasteiger partial charge in [-0.05, 0) is 55.7 Å². The third-order valence-corrected chi connectivity index (χ3v) is 4.01. The number of allylic oxidation sites excluding steroid dienone is 1. The SMILES string of the molecule is CC1=Cc2c(CO[Si](C)(C)C)ccc(C)c2[CH]1.[Cl][Zr][Cl]. The van der Waals surface area contributed by atoms with Gasteiger partial charge in [-0.15, -0.1) is 0 Å². The van der Waals surface area contributed by atoms with E-state index in [1.54, 1.807) is 0 Å². The molecule has 0 heterocycles. The molecule has 1 aromatic rings. The Morgan fingerprint density at radius 3 is 2.25 bits per heavy atom. The summed E-state index contributed by atoms with van der Waals surface area (Å²) in [5, 5.41) is 0. The number of aryl methyl sites for hydroxylation is 1. The molecule has 2 rings (SSSR count).